The van der Waals surface area contributed by atoms with Gasteiger partial charge in [-0.05, 0) is 6.07 Å². The van der Waals surface area contributed by atoms with Crippen molar-refractivity contribution in [2.75, 3.05) is 13.2 Å². The molecule has 0 radical (unpaired) electrons. The second-order valence-corrected chi connectivity index (χ2v) is 3.52. The van der Waals surface area contributed by atoms with Gasteiger partial charge in [-0.25, -0.2) is 0 Å². The van der Waals surface area contributed by atoms with Crippen molar-refractivity contribution in [3.8, 4) is 18.1 Å². The zero-order valence-electron chi connectivity index (χ0n) is 9.18. The van der Waals surface area contributed by atoms with E-state index in [9.17, 15) is 14.9 Å². The molecule has 0 unspecified atom stereocenters. The molecular formula is C11H9ClN2O4. The molecule has 94 valence electrons. The first-order valence-corrected chi connectivity index (χ1v) is 5.20. The first-order chi connectivity index (χ1) is 8.56. The standard InChI is InChI=1S/C11H9ClN2O4/c1-2-6-13-10(15)7-18-11-8(12)4-3-5-9(11)14(16)17/h1,3-5H,6-7H2,(H,13,15). The predicted molar refractivity (Wildman–Crippen MR) is 65.4 cm³/mol. The van der Waals surface area contributed by atoms with Crippen molar-refractivity contribution in [2.24, 2.45) is 0 Å². The Morgan fingerprint density at radius 1 is 1.61 bits per heavy atom. The number of nitro benzene ring substituents is 1. The molecule has 7 heteroatoms. The molecule has 0 saturated carbocycles. The Kier molecular flexibility index (Phi) is 4.96. The van der Waals surface area contributed by atoms with Crippen LogP contribution >= 0.6 is 11.6 Å². The first-order valence-electron chi connectivity index (χ1n) is 4.82. The number of carbonyl (C=O) groups excluding carboxylic acids is 1. The Bertz CT molecular complexity index is 510. The largest absolute Gasteiger partial charge is 0.476 e. The summed E-state index contributed by atoms with van der Waals surface area (Å²) < 4.78 is 5.03. The number of nitrogens with zero attached hydrogens (tertiary/aromatic N) is 1. The molecule has 18 heavy (non-hydrogen) atoms. The van der Waals surface area contributed by atoms with Crippen LogP contribution in [0, 0.1) is 22.5 Å². The third kappa shape index (κ3) is 3.64. The van der Waals surface area contributed by atoms with Gasteiger partial charge in [0, 0.05) is 6.07 Å². The number of para-hydroxylation sites is 1. The average molecular weight is 269 g/mol. The van der Waals surface area contributed by atoms with E-state index in [4.69, 9.17) is 22.8 Å². The maximum Gasteiger partial charge on any atom is 0.312 e. The molecule has 1 aromatic carbocycles. The molecule has 0 aliphatic carbocycles. The van der Waals surface area contributed by atoms with Crippen LogP contribution in [-0.2, 0) is 4.79 Å². The van der Waals surface area contributed by atoms with Crippen LogP contribution in [0.2, 0.25) is 5.02 Å². The fraction of sp³-hybridized carbons (Fsp3) is 0.182. The molecule has 6 nitrogen and oxygen atoms in total. The van der Waals surface area contributed by atoms with Gasteiger partial charge >= 0.3 is 5.69 Å². The minimum Gasteiger partial charge on any atom is -0.476 e. The van der Waals surface area contributed by atoms with Crippen molar-refractivity contribution in [1.82, 2.24) is 5.32 Å². The number of nitro groups is 1. The lowest BCUT2D eigenvalue weighted by Crippen LogP contribution is -2.29. The second kappa shape index (κ2) is 6.47. The molecule has 0 atom stereocenters. The highest BCUT2D eigenvalue weighted by molar-refractivity contribution is 6.32. The minimum atomic E-state index is -0.638. The Morgan fingerprint density at radius 2 is 2.33 bits per heavy atom. The summed E-state index contributed by atoms with van der Waals surface area (Å²) in [4.78, 5) is 21.3. The smallest absolute Gasteiger partial charge is 0.312 e. The fourth-order valence-corrected chi connectivity index (χ4v) is 1.35. The average Bonchev–Trinajstić information content (AvgIpc) is 2.34. The maximum absolute atomic E-state index is 11.2. The summed E-state index contributed by atoms with van der Waals surface area (Å²) >= 11 is 5.77. The van der Waals surface area contributed by atoms with Crippen LogP contribution in [-0.4, -0.2) is 24.0 Å². The van der Waals surface area contributed by atoms with Gasteiger partial charge in [0.15, 0.2) is 6.61 Å². The Labute approximate surface area is 108 Å². The van der Waals surface area contributed by atoms with E-state index in [1.54, 1.807) is 0 Å². The molecule has 1 rings (SSSR count). The fourth-order valence-electron chi connectivity index (χ4n) is 1.12. The van der Waals surface area contributed by atoms with Crippen molar-refractivity contribution in [3.63, 3.8) is 0 Å². The molecule has 0 aromatic heterocycles. The van der Waals surface area contributed by atoms with Crippen molar-refractivity contribution in [1.29, 1.82) is 0 Å². The van der Waals surface area contributed by atoms with E-state index in [0.717, 1.165) is 0 Å². The number of carbonyl (C=O) groups is 1. The molecular weight excluding hydrogens is 260 g/mol. The van der Waals surface area contributed by atoms with Crippen molar-refractivity contribution >= 4 is 23.2 Å². The third-order valence-electron chi connectivity index (χ3n) is 1.88. The van der Waals surface area contributed by atoms with Gasteiger partial charge in [0.2, 0.25) is 5.75 Å². The molecule has 0 aliphatic heterocycles. The van der Waals surface area contributed by atoms with Crippen molar-refractivity contribution < 1.29 is 14.5 Å². The van der Waals surface area contributed by atoms with Crippen LogP contribution in [0.15, 0.2) is 18.2 Å². The van der Waals surface area contributed by atoms with Crippen LogP contribution in [0.3, 0.4) is 0 Å². The molecule has 1 N–H and O–H groups in total. The number of halogens is 1. The molecule has 0 fully saturated rings. The lowest BCUT2D eigenvalue weighted by molar-refractivity contribution is -0.385. The van der Waals surface area contributed by atoms with Gasteiger partial charge < -0.3 is 10.1 Å². The number of nitrogens with one attached hydrogen (secondary N) is 1. The summed E-state index contributed by atoms with van der Waals surface area (Å²) in [7, 11) is 0. The van der Waals surface area contributed by atoms with Gasteiger partial charge in [0.05, 0.1) is 16.5 Å². The minimum absolute atomic E-state index is 0.0623. The summed E-state index contributed by atoms with van der Waals surface area (Å²) in [6.07, 6.45) is 4.96. The van der Waals surface area contributed by atoms with E-state index in [0.29, 0.717) is 0 Å². The topological polar surface area (TPSA) is 81.5 Å². The summed E-state index contributed by atoms with van der Waals surface area (Å²) in [5.74, 6) is 1.59. The molecule has 0 spiro atoms. The highest BCUT2D eigenvalue weighted by Crippen LogP contribution is 2.34. The molecule has 1 aromatic rings. The van der Waals surface area contributed by atoms with Crippen molar-refractivity contribution in [2.45, 2.75) is 0 Å². The van der Waals surface area contributed by atoms with Gasteiger partial charge in [-0.2, -0.15) is 0 Å². The monoisotopic (exact) mass is 268 g/mol. The SMILES string of the molecule is C#CCNC(=O)COc1c(Cl)cccc1[N+](=O)[O-]. The van der Waals surface area contributed by atoms with Gasteiger partial charge in [-0.15, -0.1) is 6.42 Å². The molecule has 0 aliphatic rings. The molecule has 0 bridgehead atoms. The van der Waals surface area contributed by atoms with Crippen LogP contribution in [0.25, 0.3) is 0 Å². The van der Waals surface area contributed by atoms with Crippen LogP contribution in [0.5, 0.6) is 5.75 Å². The lowest BCUT2D eigenvalue weighted by Gasteiger charge is -2.07. The van der Waals surface area contributed by atoms with Gasteiger partial charge in [0.1, 0.15) is 0 Å². The summed E-state index contributed by atoms with van der Waals surface area (Å²) in [6.45, 7) is -0.334. The summed E-state index contributed by atoms with van der Waals surface area (Å²) in [6, 6.07) is 4.09. The Hall–Kier alpha value is -2.26. The molecule has 0 heterocycles. The van der Waals surface area contributed by atoms with E-state index in [-0.39, 0.29) is 23.0 Å². The quantitative estimate of drug-likeness (QED) is 0.497. The number of ether oxygens (including phenoxy) is 1. The van der Waals surface area contributed by atoms with E-state index in [1.807, 2.05) is 0 Å². The summed E-state index contributed by atoms with van der Waals surface area (Å²) in [5, 5.41) is 13.2. The van der Waals surface area contributed by atoms with E-state index in [1.165, 1.54) is 18.2 Å². The van der Waals surface area contributed by atoms with E-state index in [2.05, 4.69) is 11.2 Å². The van der Waals surface area contributed by atoms with E-state index >= 15 is 0 Å². The number of rotatable bonds is 5. The maximum atomic E-state index is 11.2. The predicted octanol–water partition coefficient (Wildman–Crippen LogP) is 1.38. The number of hydrogen-bond donors (Lipinski definition) is 1. The Morgan fingerprint density at radius 3 is 2.94 bits per heavy atom. The number of amides is 1. The second-order valence-electron chi connectivity index (χ2n) is 3.11. The van der Waals surface area contributed by atoms with Gasteiger partial charge in [0.25, 0.3) is 5.91 Å². The van der Waals surface area contributed by atoms with Crippen LogP contribution < -0.4 is 10.1 Å². The van der Waals surface area contributed by atoms with Gasteiger partial charge in [-0.1, -0.05) is 23.6 Å². The molecule has 1 amide bonds. The normalized spacial score (nSPS) is 9.33. The highest BCUT2D eigenvalue weighted by atomic mass is 35.5. The van der Waals surface area contributed by atoms with Crippen LogP contribution in [0.4, 0.5) is 5.69 Å². The molecule has 0 saturated heterocycles. The van der Waals surface area contributed by atoms with Gasteiger partial charge in [-0.3, -0.25) is 14.9 Å². The third-order valence-corrected chi connectivity index (χ3v) is 2.18. The number of benzene rings is 1. The van der Waals surface area contributed by atoms with Crippen LogP contribution in [0.1, 0.15) is 0 Å². The Balaban J connectivity index is 2.76. The zero-order valence-corrected chi connectivity index (χ0v) is 9.94. The number of terminal acetylenes is 1. The number of hydrogen-bond acceptors (Lipinski definition) is 4. The van der Waals surface area contributed by atoms with E-state index < -0.39 is 17.4 Å². The highest BCUT2D eigenvalue weighted by Gasteiger charge is 2.18. The lowest BCUT2D eigenvalue weighted by atomic mass is 10.3. The first kappa shape index (κ1) is 13.8. The summed E-state index contributed by atoms with van der Waals surface area (Å²) in [5.41, 5.74) is -0.299. The zero-order chi connectivity index (χ0) is 13.5. The van der Waals surface area contributed by atoms with Crippen molar-refractivity contribution in [3.05, 3.63) is 33.3 Å².